The van der Waals surface area contributed by atoms with Gasteiger partial charge in [-0.05, 0) is 31.7 Å². The van der Waals surface area contributed by atoms with Crippen LogP contribution >= 0.6 is 0 Å². The molecule has 1 saturated carbocycles. The lowest BCUT2D eigenvalue weighted by Crippen LogP contribution is -2.44. The van der Waals surface area contributed by atoms with E-state index < -0.39 is 0 Å². The molecule has 17 heavy (non-hydrogen) atoms. The van der Waals surface area contributed by atoms with Crippen molar-refractivity contribution in [1.82, 2.24) is 10.2 Å². The SMILES string of the molecule is CCCC(CNC1CC1)N(CC)CC(C)CC. The van der Waals surface area contributed by atoms with Crippen LogP contribution in [0.2, 0.25) is 0 Å². The second kappa shape index (κ2) is 8.10. The molecule has 2 nitrogen and oxygen atoms in total. The third-order valence-corrected chi connectivity index (χ3v) is 4.01. The minimum absolute atomic E-state index is 0.750. The zero-order chi connectivity index (χ0) is 12.7. The highest BCUT2D eigenvalue weighted by Gasteiger charge is 2.24. The molecule has 0 amide bonds. The van der Waals surface area contributed by atoms with Crippen LogP contribution in [0.3, 0.4) is 0 Å². The van der Waals surface area contributed by atoms with Gasteiger partial charge >= 0.3 is 0 Å². The lowest BCUT2D eigenvalue weighted by molar-refractivity contribution is 0.164. The van der Waals surface area contributed by atoms with E-state index in [0.717, 1.165) is 18.0 Å². The van der Waals surface area contributed by atoms with Gasteiger partial charge in [0.15, 0.2) is 0 Å². The molecule has 1 aliphatic carbocycles. The average molecular weight is 240 g/mol. The molecule has 0 radical (unpaired) electrons. The first-order valence-electron chi connectivity index (χ1n) is 7.68. The molecule has 0 saturated heterocycles. The monoisotopic (exact) mass is 240 g/mol. The quantitative estimate of drug-likeness (QED) is 0.630. The summed E-state index contributed by atoms with van der Waals surface area (Å²) in [6, 6.07) is 1.59. The summed E-state index contributed by atoms with van der Waals surface area (Å²) in [5.74, 6) is 0.829. The van der Waals surface area contributed by atoms with Gasteiger partial charge in [-0.25, -0.2) is 0 Å². The van der Waals surface area contributed by atoms with Gasteiger partial charge in [0.1, 0.15) is 0 Å². The molecule has 0 aromatic rings. The summed E-state index contributed by atoms with van der Waals surface area (Å²) in [5, 5.41) is 3.71. The van der Waals surface area contributed by atoms with Crippen LogP contribution in [-0.4, -0.2) is 36.6 Å². The second-order valence-corrected chi connectivity index (χ2v) is 5.73. The number of nitrogens with one attached hydrogen (secondary N) is 1. The van der Waals surface area contributed by atoms with E-state index in [2.05, 4.69) is 37.9 Å². The van der Waals surface area contributed by atoms with E-state index in [1.54, 1.807) is 0 Å². The summed E-state index contributed by atoms with van der Waals surface area (Å²) in [4.78, 5) is 2.69. The van der Waals surface area contributed by atoms with Crippen LogP contribution in [0.1, 0.15) is 59.8 Å². The summed E-state index contributed by atoms with van der Waals surface area (Å²) in [6.07, 6.45) is 6.73. The molecule has 1 aliphatic rings. The van der Waals surface area contributed by atoms with Crippen LogP contribution in [0.5, 0.6) is 0 Å². The molecule has 0 aliphatic heterocycles. The highest BCUT2D eigenvalue weighted by molar-refractivity contribution is 4.84. The van der Waals surface area contributed by atoms with Gasteiger partial charge in [0.05, 0.1) is 0 Å². The lowest BCUT2D eigenvalue weighted by Gasteiger charge is -2.33. The van der Waals surface area contributed by atoms with Gasteiger partial charge in [0.25, 0.3) is 0 Å². The fraction of sp³-hybridized carbons (Fsp3) is 1.00. The maximum absolute atomic E-state index is 3.71. The maximum Gasteiger partial charge on any atom is 0.0220 e. The second-order valence-electron chi connectivity index (χ2n) is 5.73. The van der Waals surface area contributed by atoms with E-state index >= 15 is 0 Å². The molecule has 102 valence electrons. The molecule has 2 atom stereocenters. The lowest BCUT2D eigenvalue weighted by atomic mass is 10.0. The Hall–Kier alpha value is -0.0800. The number of hydrogen-bond acceptors (Lipinski definition) is 2. The Balaban J connectivity index is 2.38. The summed E-state index contributed by atoms with van der Waals surface area (Å²) < 4.78 is 0. The standard InChI is InChI=1S/C15H32N2/c1-5-8-15(11-16-14-9-10-14)17(7-3)12-13(4)6-2/h13-16H,5-12H2,1-4H3. The van der Waals surface area contributed by atoms with Crippen molar-refractivity contribution in [1.29, 1.82) is 0 Å². The van der Waals surface area contributed by atoms with Gasteiger partial charge in [-0.1, -0.05) is 40.5 Å². The Morgan fingerprint density at radius 2 is 1.94 bits per heavy atom. The largest absolute Gasteiger partial charge is 0.312 e. The molecule has 1 rings (SSSR count). The van der Waals surface area contributed by atoms with Crippen LogP contribution in [-0.2, 0) is 0 Å². The Morgan fingerprint density at radius 3 is 2.41 bits per heavy atom. The number of rotatable bonds is 10. The summed E-state index contributed by atoms with van der Waals surface area (Å²) >= 11 is 0. The van der Waals surface area contributed by atoms with Crippen LogP contribution in [0.4, 0.5) is 0 Å². The number of likely N-dealkylation sites (N-methyl/N-ethyl adjacent to an activating group) is 1. The van der Waals surface area contributed by atoms with Crippen molar-refractivity contribution in [2.75, 3.05) is 19.6 Å². The van der Waals surface area contributed by atoms with Gasteiger partial charge in [0, 0.05) is 25.2 Å². The van der Waals surface area contributed by atoms with Crippen molar-refractivity contribution in [3.05, 3.63) is 0 Å². The van der Waals surface area contributed by atoms with Gasteiger partial charge in [-0.15, -0.1) is 0 Å². The molecular formula is C15H32N2. The van der Waals surface area contributed by atoms with Gasteiger partial charge < -0.3 is 5.32 Å². The molecule has 0 aromatic carbocycles. The first-order valence-corrected chi connectivity index (χ1v) is 7.68. The van der Waals surface area contributed by atoms with Crippen molar-refractivity contribution in [3.8, 4) is 0 Å². The number of hydrogen-bond donors (Lipinski definition) is 1. The van der Waals surface area contributed by atoms with Crippen molar-refractivity contribution in [3.63, 3.8) is 0 Å². The van der Waals surface area contributed by atoms with Gasteiger partial charge in [0.2, 0.25) is 0 Å². The third-order valence-electron chi connectivity index (χ3n) is 4.01. The zero-order valence-electron chi connectivity index (χ0n) is 12.3. The Kier molecular flexibility index (Phi) is 7.14. The Bertz CT molecular complexity index is 189. The zero-order valence-corrected chi connectivity index (χ0v) is 12.3. The third kappa shape index (κ3) is 5.87. The predicted octanol–water partition coefficient (Wildman–Crippen LogP) is 3.28. The minimum Gasteiger partial charge on any atom is -0.312 e. The molecule has 1 fully saturated rings. The molecule has 0 heterocycles. The van der Waals surface area contributed by atoms with E-state index in [1.807, 2.05) is 0 Å². The maximum atomic E-state index is 3.71. The number of nitrogens with zero attached hydrogens (tertiary/aromatic N) is 1. The molecule has 0 aromatic heterocycles. The van der Waals surface area contributed by atoms with Crippen LogP contribution < -0.4 is 5.32 Å². The van der Waals surface area contributed by atoms with E-state index in [1.165, 1.54) is 51.7 Å². The predicted molar refractivity (Wildman–Crippen MR) is 76.4 cm³/mol. The normalized spacial score (nSPS) is 19.6. The fourth-order valence-electron chi connectivity index (χ4n) is 2.40. The van der Waals surface area contributed by atoms with Crippen molar-refractivity contribution < 1.29 is 0 Å². The molecule has 1 N–H and O–H groups in total. The summed E-state index contributed by atoms with van der Waals surface area (Å²) in [5.41, 5.74) is 0. The van der Waals surface area contributed by atoms with Crippen molar-refractivity contribution in [2.24, 2.45) is 5.92 Å². The summed E-state index contributed by atoms with van der Waals surface area (Å²) in [7, 11) is 0. The van der Waals surface area contributed by atoms with Gasteiger partial charge in [-0.3, -0.25) is 4.90 Å². The van der Waals surface area contributed by atoms with E-state index in [0.29, 0.717) is 0 Å². The van der Waals surface area contributed by atoms with Gasteiger partial charge in [-0.2, -0.15) is 0 Å². The molecular weight excluding hydrogens is 208 g/mol. The first kappa shape index (κ1) is 15.0. The van der Waals surface area contributed by atoms with Crippen molar-refractivity contribution >= 4 is 0 Å². The molecule has 2 heteroatoms. The highest BCUT2D eigenvalue weighted by atomic mass is 15.2. The molecule has 0 bridgehead atoms. The Labute approximate surface area is 108 Å². The average Bonchev–Trinajstić information content (AvgIpc) is 3.15. The van der Waals surface area contributed by atoms with E-state index in [4.69, 9.17) is 0 Å². The highest BCUT2D eigenvalue weighted by Crippen LogP contribution is 2.19. The molecule has 2 unspecified atom stereocenters. The van der Waals surface area contributed by atoms with E-state index in [-0.39, 0.29) is 0 Å². The Morgan fingerprint density at radius 1 is 1.24 bits per heavy atom. The smallest absolute Gasteiger partial charge is 0.0220 e. The first-order chi connectivity index (χ1) is 8.21. The van der Waals surface area contributed by atoms with Crippen LogP contribution in [0, 0.1) is 5.92 Å². The van der Waals surface area contributed by atoms with Crippen LogP contribution in [0.15, 0.2) is 0 Å². The fourth-order valence-corrected chi connectivity index (χ4v) is 2.40. The minimum atomic E-state index is 0.750. The van der Waals surface area contributed by atoms with E-state index in [9.17, 15) is 0 Å². The summed E-state index contributed by atoms with van der Waals surface area (Å²) in [6.45, 7) is 13.0. The van der Waals surface area contributed by atoms with Crippen LogP contribution in [0.25, 0.3) is 0 Å². The topological polar surface area (TPSA) is 15.3 Å². The molecule has 0 spiro atoms. The van der Waals surface area contributed by atoms with Crippen molar-refractivity contribution in [2.45, 2.75) is 71.9 Å².